The third-order valence-electron chi connectivity index (χ3n) is 3.73. The monoisotopic (exact) mass is 279 g/mol. The molecule has 0 aliphatic carbocycles. The van der Waals surface area contributed by atoms with Gasteiger partial charge in [-0.2, -0.15) is 4.98 Å². The van der Waals surface area contributed by atoms with Gasteiger partial charge in [-0.15, -0.1) is 0 Å². The first kappa shape index (κ1) is 14.8. The standard InChI is InChI=1S/C14H25N5O/c1-4-20-14-12(15)13(17-9-18-14)16-7-11-5-6-19(8-11)10(2)3/h9-11H,4-8,15H2,1-3H3,(H,16,17,18). The predicted octanol–water partition coefficient (Wildman–Crippen LogP) is 1.60. The summed E-state index contributed by atoms with van der Waals surface area (Å²) in [7, 11) is 0. The van der Waals surface area contributed by atoms with Gasteiger partial charge in [0, 0.05) is 19.1 Å². The van der Waals surface area contributed by atoms with Gasteiger partial charge in [0.2, 0.25) is 5.88 Å². The second kappa shape index (κ2) is 6.74. The summed E-state index contributed by atoms with van der Waals surface area (Å²) in [6.07, 6.45) is 2.70. The van der Waals surface area contributed by atoms with Crippen LogP contribution in [0.25, 0.3) is 0 Å². The Morgan fingerprint density at radius 3 is 2.95 bits per heavy atom. The zero-order valence-corrected chi connectivity index (χ0v) is 12.6. The van der Waals surface area contributed by atoms with Gasteiger partial charge in [0.25, 0.3) is 0 Å². The van der Waals surface area contributed by atoms with Crippen LogP contribution in [0.15, 0.2) is 6.33 Å². The number of nitrogens with two attached hydrogens (primary N) is 1. The van der Waals surface area contributed by atoms with Crippen LogP contribution >= 0.6 is 0 Å². The SMILES string of the molecule is CCOc1ncnc(NCC2CCN(C(C)C)C2)c1N. The number of aromatic nitrogens is 2. The molecule has 0 bridgehead atoms. The summed E-state index contributed by atoms with van der Waals surface area (Å²) in [6, 6.07) is 0.619. The second-order valence-electron chi connectivity index (χ2n) is 5.50. The van der Waals surface area contributed by atoms with Gasteiger partial charge in [-0.05, 0) is 39.7 Å². The number of ether oxygens (including phenoxy) is 1. The molecule has 1 saturated heterocycles. The molecule has 1 aromatic heterocycles. The highest BCUT2D eigenvalue weighted by atomic mass is 16.5. The maximum absolute atomic E-state index is 6.01. The van der Waals surface area contributed by atoms with Gasteiger partial charge in [-0.1, -0.05) is 0 Å². The molecule has 1 fully saturated rings. The van der Waals surface area contributed by atoms with Crippen LogP contribution in [-0.4, -0.2) is 47.2 Å². The van der Waals surface area contributed by atoms with Crippen LogP contribution < -0.4 is 15.8 Å². The van der Waals surface area contributed by atoms with Crippen LogP contribution in [0.4, 0.5) is 11.5 Å². The van der Waals surface area contributed by atoms with E-state index in [0.717, 1.165) is 13.1 Å². The fraction of sp³-hybridized carbons (Fsp3) is 0.714. The molecular formula is C14H25N5O. The minimum absolute atomic E-state index is 0.459. The number of likely N-dealkylation sites (tertiary alicyclic amines) is 1. The average molecular weight is 279 g/mol. The van der Waals surface area contributed by atoms with Gasteiger partial charge in [-0.25, -0.2) is 4.98 Å². The summed E-state index contributed by atoms with van der Waals surface area (Å²) in [5, 5.41) is 3.33. The van der Waals surface area contributed by atoms with E-state index in [1.165, 1.54) is 19.3 Å². The van der Waals surface area contributed by atoms with E-state index in [9.17, 15) is 0 Å². The summed E-state index contributed by atoms with van der Waals surface area (Å²) in [5.74, 6) is 1.77. The van der Waals surface area contributed by atoms with Gasteiger partial charge in [0.15, 0.2) is 5.82 Å². The quantitative estimate of drug-likeness (QED) is 0.823. The van der Waals surface area contributed by atoms with E-state index >= 15 is 0 Å². The second-order valence-corrected chi connectivity index (χ2v) is 5.50. The van der Waals surface area contributed by atoms with Crippen molar-refractivity contribution in [1.82, 2.24) is 14.9 Å². The Hall–Kier alpha value is -1.56. The van der Waals surface area contributed by atoms with E-state index < -0.39 is 0 Å². The molecule has 1 aromatic rings. The van der Waals surface area contributed by atoms with Crippen molar-refractivity contribution in [3.63, 3.8) is 0 Å². The van der Waals surface area contributed by atoms with Crippen molar-refractivity contribution in [2.24, 2.45) is 5.92 Å². The molecule has 6 heteroatoms. The Labute approximate surface area is 120 Å². The lowest BCUT2D eigenvalue weighted by atomic mass is 10.1. The normalized spacial score (nSPS) is 19.5. The van der Waals surface area contributed by atoms with Crippen molar-refractivity contribution >= 4 is 11.5 Å². The molecule has 20 heavy (non-hydrogen) atoms. The van der Waals surface area contributed by atoms with E-state index in [2.05, 4.69) is 34.0 Å². The third-order valence-corrected chi connectivity index (χ3v) is 3.73. The lowest BCUT2D eigenvalue weighted by Gasteiger charge is -2.20. The van der Waals surface area contributed by atoms with Crippen molar-refractivity contribution in [2.45, 2.75) is 33.2 Å². The van der Waals surface area contributed by atoms with Gasteiger partial charge in [0.05, 0.1) is 6.61 Å². The molecule has 1 aliphatic heterocycles. The minimum atomic E-state index is 0.459. The molecule has 1 unspecified atom stereocenters. The smallest absolute Gasteiger partial charge is 0.242 e. The number of hydrogen-bond donors (Lipinski definition) is 2. The van der Waals surface area contributed by atoms with Crippen LogP contribution in [0, 0.1) is 5.92 Å². The van der Waals surface area contributed by atoms with Crippen molar-refractivity contribution < 1.29 is 4.74 Å². The van der Waals surface area contributed by atoms with Crippen LogP contribution in [0.3, 0.4) is 0 Å². The molecule has 112 valence electrons. The first-order chi connectivity index (χ1) is 9.61. The Bertz CT molecular complexity index is 438. The van der Waals surface area contributed by atoms with Gasteiger partial charge < -0.3 is 20.7 Å². The maximum Gasteiger partial charge on any atom is 0.242 e. The first-order valence-electron chi connectivity index (χ1n) is 7.33. The van der Waals surface area contributed by atoms with E-state index in [0.29, 0.717) is 36.0 Å². The third kappa shape index (κ3) is 3.50. The van der Waals surface area contributed by atoms with E-state index in [4.69, 9.17) is 10.5 Å². The van der Waals surface area contributed by atoms with Crippen LogP contribution in [0.2, 0.25) is 0 Å². The average Bonchev–Trinajstić information content (AvgIpc) is 2.89. The van der Waals surface area contributed by atoms with Gasteiger partial charge in [-0.3, -0.25) is 0 Å². The van der Waals surface area contributed by atoms with Crippen LogP contribution in [-0.2, 0) is 0 Å². The van der Waals surface area contributed by atoms with E-state index in [1.807, 2.05) is 6.92 Å². The largest absolute Gasteiger partial charge is 0.476 e. The Morgan fingerprint density at radius 2 is 2.30 bits per heavy atom. The summed E-state index contributed by atoms with van der Waals surface area (Å²) in [4.78, 5) is 10.7. The number of nitrogens with one attached hydrogen (secondary N) is 1. The van der Waals surface area contributed by atoms with Crippen molar-refractivity contribution in [1.29, 1.82) is 0 Å². The highest BCUT2D eigenvalue weighted by molar-refractivity contribution is 5.66. The number of anilines is 2. The highest BCUT2D eigenvalue weighted by Gasteiger charge is 2.24. The zero-order valence-electron chi connectivity index (χ0n) is 12.6. The molecular weight excluding hydrogens is 254 g/mol. The van der Waals surface area contributed by atoms with Crippen molar-refractivity contribution in [2.75, 3.05) is 37.3 Å². The molecule has 0 amide bonds. The van der Waals surface area contributed by atoms with Gasteiger partial charge in [0.1, 0.15) is 12.0 Å². The molecule has 3 N–H and O–H groups in total. The molecule has 6 nitrogen and oxygen atoms in total. The molecule has 1 aliphatic rings. The molecule has 1 atom stereocenters. The fourth-order valence-corrected chi connectivity index (χ4v) is 2.51. The fourth-order valence-electron chi connectivity index (χ4n) is 2.51. The number of hydrogen-bond acceptors (Lipinski definition) is 6. The lowest BCUT2D eigenvalue weighted by Crippen LogP contribution is -2.29. The van der Waals surface area contributed by atoms with Gasteiger partial charge >= 0.3 is 0 Å². The first-order valence-corrected chi connectivity index (χ1v) is 7.33. The summed E-state index contributed by atoms with van der Waals surface area (Å²) < 4.78 is 5.37. The molecule has 2 heterocycles. The number of rotatable bonds is 6. The lowest BCUT2D eigenvalue weighted by molar-refractivity contribution is 0.266. The maximum atomic E-state index is 6.01. The van der Waals surface area contributed by atoms with Crippen molar-refractivity contribution in [3.8, 4) is 5.88 Å². The molecule has 0 radical (unpaired) electrons. The Kier molecular flexibility index (Phi) is 5.00. The Morgan fingerprint density at radius 1 is 1.50 bits per heavy atom. The predicted molar refractivity (Wildman–Crippen MR) is 80.9 cm³/mol. The van der Waals surface area contributed by atoms with E-state index in [1.54, 1.807) is 0 Å². The zero-order chi connectivity index (χ0) is 14.5. The summed E-state index contributed by atoms with van der Waals surface area (Å²) >= 11 is 0. The highest BCUT2D eigenvalue weighted by Crippen LogP contribution is 2.25. The topological polar surface area (TPSA) is 76.3 Å². The molecule has 0 aromatic carbocycles. The van der Waals surface area contributed by atoms with Crippen LogP contribution in [0.1, 0.15) is 27.2 Å². The molecule has 0 spiro atoms. The molecule has 0 saturated carbocycles. The minimum Gasteiger partial charge on any atom is -0.476 e. The van der Waals surface area contributed by atoms with Crippen molar-refractivity contribution in [3.05, 3.63) is 6.33 Å². The Balaban J connectivity index is 1.90. The summed E-state index contributed by atoms with van der Waals surface area (Å²) in [6.45, 7) is 10.1. The van der Waals surface area contributed by atoms with Crippen LogP contribution in [0.5, 0.6) is 5.88 Å². The number of nitrogen functional groups attached to an aromatic ring is 1. The van der Waals surface area contributed by atoms with E-state index in [-0.39, 0.29) is 0 Å². The molecule has 2 rings (SSSR count). The summed E-state index contributed by atoms with van der Waals surface area (Å²) in [5.41, 5.74) is 6.50. The number of nitrogens with zero attached hydrogens (tertiary/aromatic N) is 3.